The van der Waals surface area contributed by atoms with Crippen LogP contribution < -0.4 is 10.1 Å². The van der Waals surface area contributed by atoms with Crippen molar-refractivity contribution in [3.05, 3.63) is 64.5 Å². The van der Waals surface area contributed by atoms with Gasteiger partial charge in [-0.2, -0.15) is 0 Å². The summed E-state index contributed by atoms with van der Waals surface area (Å²) in [6.07, 6.45) is -0.592. The molecule has 3 rings (SSSR count). The predicted molar refractivity (Wildman–Crippen MR) is 112 cm³/mol. The molecule has 1 N–H and O–H groups in total. The Morgan fingerprint density at radius 1 is 1.07 bits per heavy atom. The van der Waals surface area contributed by atoms with Crippen LogP contribution in [0.1, 0.15) is 37.3 Å². The van der Waals surface area contributed by atoms with Gasteiger partial charge in [0.2, 0.25) is 0 Å². The van der Waals surface area contributed by atoms with Gasteiger partial charge < -0.3 is 10.1 Å². The minimum absolute atomic E-state index is 0.175. The molecule has 1 amide bonds. The Labute approximate surface area is 164 Å². The highest BCUT2D eigenvalue weighted by atomic mass is 32.1. The van der Waals surface area contributed by atoms with Crippen LogP contribution in [0, 0.1) is 6.92 Å². The molecule has 0 radical (unpaired) electrons. The molecule has 0 saturated carbocycles. The number of hydrogen-bond donors (Lipinski definition) is 1. The lowest BCUT2D eigenvalue weighted by Gasteiger charge is -2.18. The van der Waals surface area contributed by atoms with Crippen LogP contribution in [0.3, 0.4) is 0 Å². The van der Waals surface area contributed by atoms with Crippen LogP contribution in [0.2, 0.25) is 0 Å². The van der Waals surface area contributed by atoms with E-state index in [9.17, 15) is 4.79 Å². The molecule has 1 aromatic heterocycles. The summed E-state index contributed by atoms with van der Waals surface area (Å²) in [5, 5.41) is 5.98. The Balaban J connectivity index is 1.65. The van der Waals surface area contributed by atoms with E-state index in [-0.39, 0.29) is 5.91 Å². The normalized spacial score (nSPS) is 12.0. The lowest BCUT2D eigenvalue weighted by Crippen LogP contribution is -2.30. The van der Waals surface area contributed by atoms with Crippen molar-refractivity contribution >= 4 is 22.9 Å². The zero-order chi connectivity index (χ0) is 19.4. The van der Waals surface area contributed by atoms with E-state index >= 15 is 0 Å². The first kappa shape index (κ1) is 19.1. The number of aromatic nitrogens is 1. The molecule has 1 unspecified atom stereocenters. The molecule has 140 valence electrons. The molecule has 0 saturated heterocycles. The molecular formula is C22H24N2O2S. The van der Waals surface area contributed by atoms with Gasteiger partial charge in [0.15, 0.2) is 6.10 Å². The van der Waals surface area contributed by atoms with E-state index < -0.39 is 6.10 Å². The molecule has 2 aromatic carbocycles. The number of nitrogens with zero attached hydrogens (tertiary/aromatic N) is 1. The van der Waals surface area contributed by atoms with Gasteiger partial charge in [-0.1, -0.05) is 44.2 Å². The van der Waals surface area contributed by atoms with E-state index in [0.29, 0.717) is 5.92 Å². The van der Waals surface area contributed by atoms with E-state index in [1.165, 1.54) is 0 Å². The fraction of sp³-hybridized carbons (Fsp3) is 0.273. The Morgan fingerprint density at radius 2 is 1.78 bits per heavy atom. The lowest BCUT2D eigenvalue weighted by molar-refractivity contribution is -0.122. The predicted octanol–water partition coefficient (Wildman–Crippen LogP) is 5.65. The maximum Gasteiger partial charge on any atom is 0.265 e. The number of hydrogen-bond acceptors (Lipinski definition) is 4. The molecule has 0 bridgehead atoms. The molecule has 4 nitrogen and oxygen atoms in total. The lowest BCUT2D eigenvalue weighted by atomic mass is 10.0. The first-order valence-corrected chi connectivity index (χ1v) is 9.91. The van der Waals surface area contributed by atoms with Crippen LogP contribution in [0.25, 0.3) is 11.3 Å². The van der Waals surface area contributed by atoms with Crippen LogP contribution in [0.5, 0.6) is 5.75 Å². The summed E-state index contributed by atoms with van der Waals surface area (Å²) in [7, 11) is 0. The van der Waals surface area contributed by atoms with Crippen molar-refractivity contribution in [3.8, 4) is 17.0 Å². The second kappa shape index (κ2) is 8.35. The van der Waals surface area contributed by atoms with Gasteiger partial charge in [0.05, 0.1) is 10.7 Å². The molecule has 0 aliphatic rings. The zero-order valence-corrected chi connectivity index (χ0v) is 16.8. The van der Waals surface area contributed by atoms with Gasteiger partial charge in [-0.25, -0.2) is 4.98 Å². The van der Waals surface area contributed by atoms with Gasteiger partial charge in [-0.3, -0.25) is 4.79 Å². The van der Waals surface area contributed by atoms with Crippen LogP contribution in [0.15, 0.2) is 53.9 Å². The van der Waals surface area contributed by atoms with Crippen molar-refractivity contribution in [1.29, 1.82) is 0 Å². The molecule has 0 fully saturated rings. The van der Waals surface area contributed by atoms with Crippen LogP contribution in [0.4, 0.5) is 5.69 Å². The number of nitrogens with one attached hydrogen (secondary N) is 1. The maximum atomic E-state index is 12.5. The van der Waals surface area contributed by atoms with Gasteiger partial charge in [0, 0.05) is 16.6 Å². The van der Waals surface area contributed by atoms with Gasteiger partial charge >= 0.3 is 0 Å². The zero-order valence-electron chi connectivity index (χ0n) is 16.0. The van der Waals surface area contributed by atoms with Crippen LogP contribution in [-0.2, 0) is 4.79 Å². The second-order valence-corrected chi connectivity index (χ2v) is 7.83. The van der Waals surface area contributed by atoms with Gasteiger partial charge in [0.25, 0.3) is 5.91 Å². The Bertz CT molecular complexity index is 916. The number of benzene rings is 2. The van der Waals surface area contributed by atoms with Crippen molar-refractivity contribution in [1.82, 2.24) is 4.98 Å². The van der Waals surface area contributed by atoms with Crippen molar-refractivity contribution in [2.45, 2.75) is 39.7 Å². The number of aryl methyl sites for hydroxylation is 1. The number of rotatable bonds is 6. The monoisotopic (exact) mass is 380 g/mol. The van der Waals surface area contributed by atoms with E-state index in [1.807, 2.05) is 60.8 Å². The molecule has 5 heteroatoms. The van der Waals surface area contributed by atoms with E-state index in [2.05, 4.69) is 24.1 Å². The molecule has 3 aromatic rings. The standard InChI is InChI=1S/C22H24N2O2S/c1-14(2)19-7-5-6-8-21(19)26-15(3)22(25)24-18-11-9-17(10-12-18)20-13-27-16(4)23-20/h5-15H,1-4H3,(H,24,25). The molecular weight excluding hydrogens is 356 g/mol. The summed E-state index contributed by atoms with van der Waals surface area (Å²) in [6.45, 7) is 7.97. The van der Waals surface area contributed by atoms with E-state index in [1.54, 1.807) is 18.3 Å². The van der Waals surface area contributed by atoms with Crippen LogP contribution >= 0.6 is 11.3 Å². The third-order valence-electron chi connectivity index (χ3n) is 4.28. The molecule has 0 aliphatic carbocycles. The number of para-hydroxylation sites is 1. The number of carbonyl (C=O) groups excluding carboxylic acids is 1. The number of amides is 1. The highest BCUT2D eigenvalue weighted by molar-refractivity contribution is 7.09. The molecule has 27 heavy (non-hydrogen) atoms. The first-order chi connectivity index (χ1) is 12.9. The van der Waals surface area contributed by atoms with Crippen molar-refractivity contribution in [3.63, 3.8) is 0 Å². The van der Waals surface area contributed by atoms with Crippen molar-refractivity contribution in [2.24, 2.45) is 0 Å². The highest BCUT2D eigenvalue weighted by Gasteiger charge is 2.17. The summed E-state index contributed by atoms with van der Waals surface area (Å²) < 4.78 is 5.92. The van der Waals surface area contributed by atoms with E-state index in [4.69, 9.17) is 4.74 Å². The number of thiazole rings is 1. The Kier molecular flexibility index (Phi) is 5.91. The summed E-state index contributed by atoms with van der Waals surface area (Å²) >= 11 is 1.62. The maximum absolute atomic E-state index is 12.5. The molecule has 0 spiro atoms. The second-order valence-electron chi connectivity index (χ2n) is 6.77. The van der Waals surface area contributed by atoms with Gasteiger partial charge in [-0.15, -0.1) is 11.3 Å². The number of ether oxygens (including phenoxy) is 1. The summed E-state index contributed by atoms with van der Waals surface area (Å²) in [4.78, 5) is 17.0. The highest BCUT2D eigenvalue weighted by Crippen LogP contribution is 2.27. The topological polar surface area (TPSA) is 51.2 Å². The van der Waals surface area contributed by atoms with Crippen molar-refractivity contribution in [2.75, 3.05) is 5.32 Å². The molecule has 1 atom stereocenters. The molecule has 1 heterocycles. The average Bonchev–Trinajstić information content (AvgIpc) is 3.09. The number of carbonyl (C=O) groups is 1. The minimum atomic E-state index is -0.592. The van der Waals surface area contributed by atoms with E-state index in [0.717, 1.165) is 33.3 Å². The fourth-order valence-corrected chi connectivity index (χ4v) is 3.40. The van der Waals surface area contributed by atoms with Gasteiger partial charge in [-0.05, 0) is 43.5 Å². The fourth-order valence-electron chi connectivity index (χ4n) is 2.77. The Morgan fingerprint density at radius 3 is 2.41 bits per heavy atom. The van der Waals surface area contributed by atoms with Gasteiger partial charge in [0.1, 0.15) is 5.75 Å². The van der Waals surface area contributed by atoms with Crippen molar-refractivity contribution < 1.29 is 9.53 Å². The average molecular weight is 381 g/mol. The number of anilines is 1. The third kappa shape index (κ3) is 4.74. The summed E-state index contributed by atoms with van der Waals surface area (Å²) in [6, 6.07) is 15.5. The minimum Gasteiger partial charge on any atom is -0.481 e. The SMILES string of the molecule is Cc1nc(-c2ccc(NC(=O)C(C)Oc3ccccc3C(C)C)cc2)cs1. The summed E-state index contributed by atoms with van der Waals surface area (Å²) in [5.41, 5.74) is 3.83. The Hall–Kier alpha value is -2.66. The third-order valence-corrected chi connectivity index (χ3v) is 5.05. The smallest absolute Gasteiger partial charge is 0.265 e. The molecule has 0 aliphatic heterocycles. The van der Waals surface area contributed by atoms with Crippen LogP contribution in [-0.4, -0.2) is 17.0 Å². The largest absolute Gasteiger partial charge is 0.481 e. The summed E-state index contributed by atoms with van der Waals surface area (Å²) in [5.74, 6) is 0.911. The quantitative estimate of drug-likeness (QED) is 0.601. The first-order valence-electron chi connectivity index (χ1n) is 9.03.